The molecule has 1 nitrogen and oxygen atoms in total. The first-order valence-corrected chi connectivity index (χ1v) is 7.64. The van der Waals surface area contributed by atoms with Crippen LogP contribution in [-0.2, 0) is 0 Å². The second kappa shape index (κ2) is 4.49. The minimum atomic E-state index is 0.544. The topological polar surface area (TPSA) is 9.23 Å². The van der Waals surface area contributed by atoms with Crippen LogP contribution in [0, 0.1) is 11.8 Å². The Bertz CT molecular complexity index is 717. The van der Waals surface area contributed by atoms with Crippen LogP contribution in [-0.4, -0.2) is 7.11 Å². The third-order valence-electron chi connectivity index (χ3n) is 5.46. The quantitative estimate of drug-likeness (QED) is 0.714. The second-order valence-electron chi connectivity index (χ2n) is 6.21. The molecule has 4 unspecified atom stereocenters. The lowest BCUT2D eigenvalue weighted by atomic mass is 9.85. The highest BCUT2D eigenvalue weighted by Gasteiger charge is 2.47. The Hall–Kier alpha value is -2.02. The zero-order valence-electron chi connectivity index (χ0n) is 12.4. The van der Waals surface area contributed by atoms with E-state index in [1.807, 2.05) is 0 Å². The average molecular weight is 276 g/mol. The summed E-state index contributed by atoms with van der Waals surface area (Å²) in [5.74, 6) is 3.16. The fourth-order valence-electron chi connectivity index (χ4n) is 4.64. The molecule has 0 amide bonds. The molecule has 0 spiro atoms. The summed E-state index contributed by atoms with van der Waals surface area (Å²) in [7, 11) is 1.75. The van der Waals surface area contributed by atoms with E-state index in [1.54, 1.807) is 7.11 Å². The molecule has 2 aliphatic rings. The van der Waals surface area contributed by atoms with Crippen molar-refractivity contribution in [3.05, 3.63) is 66.8 Å². The highest BCUT2D eigenvalue weighted by Crippen LogP contribution is 2.61. The molecule has 4 rings (SSSR count). The zero-order valence-corrected chi connectivity index (χ0v) is 12.4. The van der Waals surface area contributed by atoms with Crippen LogP contribution in [0.25, 0.3) is 10.8 Å². The number of hydrogen-bond donors (Lipinski definition) is 0. The number of methoxy groups -OCH3 is 1. The van der Waals surface area contributed by atoms with Gasteiger partial charge in [0.25, 0.3) is 0 Å². The van der Waals surface area contributed by atoms with E-state index in [2.05, 4.69) is 55.6 Å². The van der Waals surface area contributed by atoms with Gasteiger partial charge in [0.05, 0.1) is 7.11 Å². The predicted molar refractivity (Wildman–Crippen MR) is 88.0 cm³/mol. The van der Waals surface area contributed by atoms with Gasteiger partial charge in [0, 0.05) is 5.39 Å². The molecule has 1 fully saturated rings. The first kappa shape index (κ1) is 12.7. The molecule has 106 valence electrons. The Morgan fingerprint density at radius 1 is 1.00 bits per heavy atom. The molecule has 0 N–H and O–H groups in total. The van der Waals surface area contributed by atoms with Crippen LogP contribution in [0.4, 0.5) is 0 Å². The van der Waals surface area contributed by atoms with Crippen LogP contribution in [0.5, 0.6) is 5.75 Å². The smallest absolute Gasteiger partial charge is 0.126 e. The molecule has 0 aliphatic heterocycles. The van der Waals surface area contributed by atoms with E-state index < -0.39 is 0 Å². The molecule has 0 heterocycles. The van der Waals surface area contributed by atoms with Gasteiger partial charge in [-0.1, -0.05) is 36.4 Å². The van der Waals surface area contributed by atoms with E-state index in [4.69, 9.17) is 4.74 Å². The van der Waals surface area contributed by atoms with Gasteiger partial charge in [-0.3, -0.25) is 0 Å². The maximum atomic E-state index is 5.55. The summed E-state index contributed by atoms with van der Waals surface area (Å²) >= 11 is 0. The summed E-state index contributed by atoms with van der Waals surface area (Å²) in [6.07, 6.45) is 5.45. The standard InChI is InChI=1S/C20H20O/c1-4-12-11-13(5-2)19-16-9-10-17(21-3)14-7-6-8-15(18(12)19)20(14)16/h4-10,12-13,18-19H,1-2,11H2,3H3. The largest absolute Gasteiger partial charge is 0.496 e. The highest BCUT2D eigenvalue weighted by molar-refractivity contribution is 5.96. The first-order chi connectivity index (χ1) is 10.3. The molecule has 2 aromatic carbocycles. The predicted octanol–water partition coefficient (Wildman–Crippen LogP) is 5.04. The normalized spacial score (nSPS) is 29.4. The second-order valence-corrected chi connectivity index (χ2v) is 6.21. The van der Waals surface area contributed by atoms with E-state index in [1.165, 1.54) is 28.3 Å². The van der Waals surface area contributed by atoms with Gasteiger partial charge in [-0.05, 0) is 52.7 Å². The van der Waals surface area contributed by atoms with Crippen molar-refractivity contribution in [2.75, 3.05) is 7.11 Å². The number of fused-ring (bicyclic) bond motifs is 3. The summed E-state index contributed by atoms with van der Waals surface area (Å²) in [5.41, 5.74) is 2.95. The van der Waals surface area contributed by atoms with Crippen LogP contribution >= 0.6 is 0 Å². The van der Waals surface area contributed by atoms with Gasteiger partial charge < -0.3 is 4.74 Å². The maximum Gasteiger partial charge on any atom is 0.126 e. The van der Waals surface area contributed by atoms with Crippen LogP contribution in [0.1, 0.15) is 29.4 Å². The number of ether oxygens (including phenoxy) is 1. The van der Waals surface area contributed by atoms with E-state index in [-0.39, 0.29) is 0 Å². The molecule has 21 heavy (non-hydrogen) atoms. The summed E-state index contributed by atoms with van der Waals surface area (Å²) < 4.78 is 5.55. The molecular weight excluding hydrogens is 256 g/mol. The molecular formula is C20H20O. The fourth-order valence-corrected chi connectivity index (χ4v) is 4.64. The van der Waals surface area contributed by atoms with Crippen molar-refractivity contribution in [3.63, 3.8) is 0 Å². The number of hydrogen-bond acceptors (Lipinski definition) is 1. The van der Waals surface area contributed by atoms with Crippen molar-refractivity contribution in [3.8, 4) is 5.75 Å². The van der Waals surface area contributed by atoms with Gasteiger partial charge in [0.15, 0.2) is 0 Å². The van der Waals surface area contributed by atoms with Crippen LogP contribution in [0.15, 0.2) is 55.6 Å². The molecule has 0 aromatic heterocycles. The molecule has 0 radical (unpaired) electrons. The molecule has 0 saturated heterocycles. The molecule has 1 saturated carbocycles. The minimum Gasteiger partial charge on any atom is -0.496 e. The van der Waals surface area contributed by atoms with E-state index >= 15 is 0 Å². The molecule has 0 bridgehead atoms. The monoisotopic (exact) mass is 276 g/mol. The Morgan fingerprint density at radius 2 is 1.67 bits per heavy atom. The molecule has 1 heteroatoms. The Kier molecular flexibility index (Phi) is 2.72. The van der Waals surface area contributed by atoms with E-state index in [0.717, 1.165) is 5.75 Å². The summed E-state index contributed by atoms with van der Waals surface area (Å²) in [4.78, 5) is 0. The van der Waals surface area contributed by atoms with Gasteiger partial charge in [-0.2, -0.15) is 0 Å². The fraction of sp³-hybridized carbons (Fsp3) is 0.300. The van der Waals surface area contributed by atoms with Crippen LogP contribution < -0.4 is 4.74 Å². The number of rotatable bonds is 3. The lowest BCUT2D eigenvalue weighted by Crippen LogP contribution is -2.06. The van der Waals surface area contributed by atoms with E-state index in [0.29, 0.717) is 23.7 Å². The van der Waals surface area contributed by atoms with Gasteiger partial charge in [-0.15, -0.1) is 13.2 Å². The van der Waals surface area contributed by atoms with Gasteiger partial charge in [0.1, 0.15) is 5.75 Å². The van der Waals surface area contributed by atoms with Crippen molar-refractivity contribution in [1.29, 1.82) is 0 Å². The van der Waals surface area contributed by atoms with Crippen molar-refractivity contribution in [1.82, 2.24) is 0 Å². The summed E-state index contributed by atoms with van der Waals surface area (Å²) in [6, 6.07) is 11.0. The number of allylic oxidation sites excluding steroid dienone is 2. The molecule has 2 aromatic rings. The zero-order chi connectivity index (χ0) is 14.6. The van der Waals surface area contributed by atoms with Crippen LogP contribution in [0.3, 0.4) is 0 Å². The third kappa shape index (κ3) is 1.52. The third-order valence-corrected chi connectivity index (χ3v) is 5.46. The Morgan fingerprint density at radius 3 is 2.29 bits per heavy atom. The minimum absolute atomic E-state index is 0.544. The number of benzene rings is 2. The van der Waals surface area contributed by atoms with Gasteiger partial charge in [0.2, 0.25) is 0 Å². The SMILES string of the molecule is C=CC1CC(C=C)C2c3ccc(OC)c4cccc(c34)C12. The van der Waals surface area contributed by atoms with Gasteiger partial charge in [-0.25, -0.2) is 0 Å². The first-order valence-electron chi connectivity index (χ1n) is 7.64. The maximum absolute atomic E-state index is 5.55. The lowest BCUT2D eigenvalue weighted by Gasteiger charge is -2.18. The molecule has 4 atom stereocenters. The van der Waals surface area contributed by atoms with E-state index in [9.17, 15) is 0 Å². The summed E-state index contributed by atoms with van der Waals surface area (Å²) in [6.45, 7) is 8.15. The molecule has 2 aliphatic carbocycles. The summed E-state index contributed by atoms with van der Waals surface area (Å²) in [5, 5.41) is 2.65. The van der Waals surface area contributed by atoms with Gasteiger partial charge >= 0.3 is 0 Å². The Balaban J connectivity index is 2.03. The van der Waals surface area contributed by atoms with Crippen molar-refractivity contribution in [2.45, 2.75) is 18.3 Å². The van der Waals surface area contributed by atoms with Crippen LogP contribution in [0.2, 0.25) is 0 Å². The Labute approximate surface area is 125 Å². The average Bonchev–Trinajstić information content (AvgIpc) is 3.06. The highest BCUT2D eigenvalue weighted by atomic mass is 16.5. The van der Waals surface area contributed by atoms with Crippen molar-refractivity contribution >= 4 is 10.8 Å². The lowest BCUT2D eigenvalue weighted by molar-refractivity contribution is 0.419. The van der Waals surface area contributed by atoms with Crippen molar-refractivity contribution < 1.29 is 4.74 Å². The van der Waals surface area contributed by atoms with Crippen molar-refractivity contribution in [2.24, 2.45) is 11.8 Å².